The first kappa shape index (κ1) is 13.5. The van der Waals surface area contributed by atoms with E-state index in [-0.39, 0.29) is 23.5 Å². The van der Waals surface area contributed by atoms with Gasteiger partial charge in [0.1, 0.15) is 6.10 Å². The smallest absolute Gasteiger partial charge is 0.372 e. The molecule has 0 aliphatic carbocycles. The second-order valence-electron chi connectivity index (χ2n) is 4.23. The zero-order chi connectivity index (χ0) is 13.8. The number of nitro groups is 1. The van der Waals surface area contributed by atoms with Crippen LogP contribution in [-0.2, 0) is 4.74 Å². The Morgan fingerprint density at radius 3 is 2.95 bits per heavy atom. The molecule has 2 rings (SSSR count). The Kier molecular flexibility index (Phi) is 4.10. The fourth-order valence-electron chi connectivity index (χ4n) is 1.86. The molecular weight excluding hydrogens is 252 g/mol. The Morgan fingerprint density at radius 2 is 2.37 bits per heavy atom. The molecule has 104 valence electrons. The van der Waals surface area contributed by atoms with Gasteiger partial charge in [-0.05, 0) is 19.3 Å². The van der Waals surface area contributed by atoms with E-state index in [1.807, 2.05) is 6.92 Å². The van der Waals surface area contributed by atoms with E-state index in [0.717, 1.165) is 19.3 Å². The van der Waals surface area contributed by atoms with Gasteiger partial charge in [-0.25, -0.2) is 4.98 Å². The van der Waals surface area contributed by atoms with Gasteiger partial charge in [-0.1, -0.05) is 6.92 Å². The summed E-state index contributed by atoms with van der Waals surface area (Å²) >= 11 is 0. The lowest BCUT2D eigenvalue weighted by Crippen LogP contribution is -2.11. The van der Waals surface area contributed by atoms with Crippen molar-refractivity contribution in [3.8, 4) is 5.88 Å². The van der Waals surface area contributed by atoms with Crippen molar-refractivity contribution in [2.45, 2.75) is 32.3 Å². The zero-order valence-electron chi connectivity index (χ0n) is 10.7. The summed E-state index contributed by atoms with van der Waals surface area (Å²) in [6.45, 7) is 2.87. The molecular formula is C11H16N4O4. The van der Waals surface area contributed by atoms with Crippen LogP contribution in [0.15, 0.2) is 0 Å². The van der Waals surface area contributed by atoms with Crippen molar-refractivity contribution in [2.24, 2.45) is 0 Å². The summed E-state index contributed by atoms with van der Waals surface area (Å²) in [5.74, 6) is 0.0909. The Hall–Kier alpha value is -1.96. The van der Waals surface area contributed by atoms with Crippen molar-refractivity contribution >= 4 is 11.5 Å². The van der Waals surface area contributed by atoms with Crippen molar-refractivity contribution in [3.63, 3.8) is 0 Å². The minimum Gasteiger partial charge on any atom is -0.473 e. The van der Waals surface area contributed by atoms with Crippen LogP contribution in [0.1, 0.15) is 38.1 Å². The summed E-state index contributed by atoms with van der Waals surface area (Å²) in [5.41, 5.74) is 5.25. The Balaban J connectivity index is 2.37. The predicted molar refractivity (Wildman–Crippen MR) is 66.8 cm³/mol. The van der Waals surface area contributed by atoms with E-state index < -0.39 is 4.92 Å². The van der Waals surface area contributed by atoms with E-state index in [1.54, 1.807) is 0 Å². The molecule has 1 aliphatic rings. The largest absolute Gasteiger partial charge is 0.473 e. The molecule has 0 bridgehead atoms. The molecule has 8 nitrogen and oxygen atoms in total. The molecule has 0 aromatic carbocycles. The van der Waals surface area contributed by atoms with Gasteiger partial charge in [0.25, 0.3) is 5.88 Å². The Bertz CT molecular complexity index is 474. The highest BCUT2D eigenvalue weighted by molar-refractivity contribution is 5.58. The van der Waals surface area contributed by atoms with E-state index in [1.165, 1.54) is 0 Å². The minimum atomic E-state index is -0.625. The standard InChI is InChI=1S/C11H16N4O4/c1-2-5-19-11-8(15(16)17)9(12)13-10(14-11)7-4-3-6-18-7/h7H,2-6H2,1H3,(H2,12,13,14). The molecule has 1 unspecified atom stereocenters. The van der Waals surface area contributed by atoms with E-state index in [2.05, 4.69) is 9.97 Å². The number of rotatable bonds is 5. The molecule has 19 heavy (non-hydrogen) atoms. The molecule has 0 radical (unpaired) electrons. The van der Waals surface area contributed by atoms with E-state index in [9.17, 15) is 10.1 Å². The van der Waals surface area contributed by atoms with Gasteiger partial charge in [-0.15, -0.1) is 0 Å². The van der Waals surface area contributed by atoms with Crippen molar-refractivity contribution < 1.29 is 14.4 Å². The summed E-state index contributed by atoms with van der Waals surface area (Å²) < 4.78 is 10.7. The maximum atomic E-state index is 11.0. The zero-order valence-corrected chi connectivity index (χ0v) is 10.7. The highest BCUT2D eigenvalue weighted by Crippen LogP contribution is 2.34. The van der Waals surface area contributed by atoms with Crippen LogP contribution >= 0.6 is 0 Å². The molecule has 0 saturated carbocycles. The number of ether oxygens (including phenoxy) is 2. The number of hydrogen-bond donors (Lipinski definition) is 1. The maximum Gasteiger partial charge on any atom is 0.372 e. The van der Waals surface area contributed by atoms with Gasteiger partial charge in [0, 0.05) is 6.61 Å². The third-order valence-electron chi connectivity index (χ3n) is 2.74. The third-order valence-corrected chi connectivity index (χ3v) is 2.74. The summed E-state index contributed by atoms with van der Waals surface area (Å²) in [6, 6.07) is 0. The minimum absolute atomic E-state index is 0.0788. The first-order chi connectivity index (χ1) is 9.13. The molecule has 1 saturated heterocycles. The number of nitrogen functional groups attached to an aromatic ring is 1. The van der Waals surface area contributed by atoms with Gasteiger partial charge in [-0.2, -0.15) is 4.98 Å². The monoisotopic (exact) mass is 268 g/mol. The van der Waals surface area contributed by atoms with Crippen molar-refractivity contribution in [1.29, 1.82) is 0 Å². The van der Waals surface area contributed by atoms with Gasteiger partial charge in [-0.3, -0.25) is 10.1 Å². The summed E-state index contributed by atoms with van der Waals surface area (Å²) in [7, 11) is 0. The van der Waals surface area contributed by atoms with Crippen LogP contribution in [0.2, 0.25) is 0 Å². The highest BCUT2D eigenvalue weighted by Gasteiger charge is 2.29. The fourth-order valence-corrected chi connectivity index (χ4v) is 1.86. The van der Waals surface area contributed by atoms with Crippen LogP contribution in [-0.4, -0.2) is 28.1 Å². The van der Waals surface area contributed by atoms with Crippen molar-refractivity contribution in [2.75, 3.05) is 18.9 Å². The molecule has 2 N–H and O–H groups in total. The quantitative estimate of drug-likeness (QED) is 0.637. The molecule has 8 heteroatoms. The van der Waals surface area contributed by atoms with Gasteiger partial charge in [0.05, 0.1) is 11.5 Å². The molecule has 1 atom stereocenters. The van der Waals surface area contributed by atoms with Gasteiger partial charge in [0.2, 0.25) is 5.82 Å². The Morgan fingerprint density at radius 1 is 1.58 bits per heavy atom. The maximum absolute atomic E-state index is 11.0. The molecule has 0 spiro atoms. The van der Waals surface area contributed by atoms with Crippen molar-refractivity contribution in [1.82, 2.24) is 9.97 Å². The van der Waals surface area contributed by atoms with E-state index in [4.69, 9.17) is 15.2 Å². The van der Waals surface area contributed by atoms with Crippen LogP contribution in [0.3, 0.4) is 0 Å². The Labute approximate surface area is 110 Å². The number of aromatic nitrogens is 2. The first-order valence-corrected chi connectivity index (χ1v) is 6.19. The highest BCUT2D eigenvalue weighted by atomic mass is 16.6. The fraction of sp³-hybridized carbons (Fsp3) is 0.636. The van der Waals surface area contributed by atoms with Crippen LogP contribution < -0.4 is 10.5 Å². The summed E-state index contributed by atoms with van der Waals surface area (Å²) in [5, 5.41) is 11.0. The molecule has 1 aromatic heterocycles. The summed E-state index contributed by atoms with van der Waals surface area (Å²) in [6.07, 6.45) is 2.16. The van der Waals surface area contributed by atoms with Gasteiger partial charge < -0.3 is 15.2 Å². The molecule has 1 fully saturated rings. The first-order valence-electron chi connectivity index (χ1n) is 6.19. The SMILES string of the molecule is CCCOc1nc(C2CCCO2)nc(N)c1[N+](=O)[O-]. The molecule has 1 aromatic rings. The number of nitrogens with zero attached hydrogens (tertiary/aromatic N) is 3. The van der Waals surface area contributed by atoms with Gasteiger partial charge in [0.15, 0.2) is 5.82 Å². The van der Waals surface area contributed by atoms with Crippen molar-refractivity contribution in [3.05, 3.63) is 15.9 Å². The molecule has 0 amide bonds. The topological polar surface area (TPSA) is 113 Å². The second-order valence-corrected chi connectivity index (χ2v) is 4.23. The van der Waals surface area contributed by atoms with Gasteiger partial charge >= 0.3 is 5.69 Å². The third kappa shape index (κ3) is 2.90. The van der Waals surface area contributed by atoms with E-state index >= 15 is 0 Å². The van der Waals surface area contributed by atoms with E-state index in [0.29, 0.717) is 19.0 Å². The number of nitrogens with two attached hydrogens (primary N) is 1. The lowest BCUT2D eigenvalue weighted by Gasteiger charge is -2.11. The van der Waals surface area contributed by atoms with Crippen LogP contribution in [0.4, 0.5) is 11.5 Å². The van der Waals surface area contributed by atoms with Crippen LogP contribution in [0, 0.1) is 10.1 Å². The lowest BCUT2D eigenvalue weighted by molar-refractivity contribution is -0.385. The number of anilines is 1. The molecule has 2 heterocycles. The average molecular weight is 268 g/mol. The predicted octanol–water partition coefficient (Wildman–Crippen LogP) is 1.61. The van der Waals surface area contributed by atoms with Crippen LogP contribution in [0.5, 0.6) is 5.88 Å². The second kappa shape index (κ2) is 5.79. The lowest BCUT2D eigenvalue weighted by atomic mass is 10.2. The molecule has 1 aliphatic heterocycles. The normalized spacial score (nSPS) is 18.5. The average Bonchev–Trinajstić information content (AvgIpc) is 2.88. The summed E-state index contributed by atoms with van der Waals surface area (Å²) in [4.78, 5) is 18.4. The number of hydrogen-bond acceptors (Lipinski definition) is 7. The van der Waals surface area contributed by atoms with Crippen LogP contribution in [0.25, 0.3) is 0 Å².